The van der Waals surface area contributed by atoms with Crippen LogP contribution in [0.5, 0.6) is 0 Å². The van der Waals surface area contributed by atoms with E-state index < -0.39 is 38.3 Å². The Balaban J connectivity index is 0. The molecule has 0 amide bonds. The molecular formula is C46H92F6NO5PS2. The van der Waals surface area contributed by atoms with E-state index in [1.165, 1.54) is 256 Å². The number of unbranched alkanes of at least 4 members (excludes halogenated alkanes) is 33. The maximum absolute atomic E-state index is 11.4. The Labute approximate surface area is 372 Å². The van der Waals surface area contributed by atoms with Crippen LogP contribution in [0.15, 0.2) is 0 Å². The summed E-state index contributed by atoms with van der Waals surface area (Å²) in [5.74, 6) is 0. The summed E-state index contributed by atoms with van der Waals surface area (Å²) in [6.07, 6.45) is 57.7. The van der Waals surface area contributed by atoms with Gasteiger partial charge >= 0.3 is 11.0 Å². The molecule has 0 atom stereocenters. The van der Waals surface area contributed by atoms with Gasteiger partial charge in [0.25, 0.3) is 0 Å². The van der Waals surface area contributed by atoms with E-state index in [2.05, 4.69) is 20.8 Å². The van der Waals surface area contributed by atoms with E-state index in [4.69, 9.17) is 0 Å². The second-order valence-corrected chi connectivity index (χ2v) is 25.4. The Bertz CT molecular complexity index is 1060. The first kappa shape index (κ1) is 62.9. The smallest absolute Gasteiger partial charge is 0.421 e. The van der Waals surface area contributed by atoms with Gasteiger partial charge in [0.15, 0.2) is 20.0 Å². The number of rotatable bonds is 43. The third kappa shape index (κ3) is 37.7. The Morgan fingerprint density at radius 1 is 0.344 bits per heavy atom. The minimum absolute atomic E-state index is 0.447. The third-order valence-electron chi connectivity index (χ3n) is 11.8. The zero-order valence-corrected chi connectivity index (χ0v) is 41.6. The van der Waals surface area contributed by atoms with Crippen LogP contribution in [-0.4, -0.2) is 64.2 Å². The van der Waals surface area contributed by atoms with Gasteiger partial charge in [-0.3, -0.25) is 0 Å². The van der Waals surface area contributed by atoms with Crippen molar-refractivity contribution in [3.8, 4) is 0 Å². The molecule has 0 spiro atoms. The van der Waals surface area contributed by atoms with E-state index in [-0.39, 0.29) is 0 Å². The lowest BCUT2D eigenvalue weighted by Crippen LogP contribution is -2.30. The van der Waals surface area contributed by atoms with E-state index in [0.717, 1.165) is 4.13 Å². The molecule has 15 heteroatoms. The van der Waals surface area contributed by atoms with Gasteiger partial charge in [0.1, 0.15) is 0 Å². The van der Waals surface area contributed by atoms with Crippen LogP contribution in [0.25, 0.3) is 4.13 Å². The summed E-state index contributed by atoms with van der Waals surface area (Å²) < 4.78 is 109. The normalized spacial score (nSPS) is 12.8. The van der Waals surface area contributed by atoms with Gasteiger partial charge in [-0.15, -0.1) is 0 Å². The summed E-state index contributed by atoms with van der Waals surface area (Å²) in [6, 6.07) is 0. The molecule has 1 N–H and O–H groups in total. The number of aliphatic hydroxyl groups excluding tert-OH is 1. The van der Waals surface area contributed by atoms with Gasteiger partial charge < -0.3 is 9.23 Å². The topological polar surface area (TPSA) is 103 Å². The van der Waals surface area contributed by atoms with Crippen LogP contribution in [0.4, 0.5) is 26.3 Å². The molecule has 0 aliphatic carbocycles. The van der Waals surface area contributed by atoms with Crippen molar-refractivity contribution in [3.05, 3.63) is 4.13 Å². The molecule has 0 aliphatic heterocycles. The maximum atomic E-state index is 11.4. The lowest BCUT2D eigenvalue weighted by atomic mass is 10.1. The molecule has 0 saturated carbocycles. The highest BCUT2D eigenvalue weighted by atomic mass is 32.3. The second kappa shape index (κ2) is 40.1. The molecule has 0 fully saturated rings. The molecule has 0 bridgehead atoms. The molecule has 0 heterocycles. The van der Waals surface area contributed by atoms with Crippen LogP contribution in [0.2, 0.25) is 0 Å². The van der Waals surface area contributed by atoms with Gasteiger partial charge in [-0.05, 0) is 38.5 Å². The van der Waals surface area contributed by atoms with Gasteiger partial charge in [0.2, 0.25) is 0 Å². The molecule has 61 heavy (non-hydrogen) atoms. The first-order valence-corrected chi connectivity index (χ1v) is 30.2. The minimum Gasteiger partial charge on any atom is -0.421 e. The molecule has 0 aromatic carbocycles. The van der Waals surface area contributed by atoms with Crippen molar-refractivity contribution in [1.82, 2.24) is 0 Å². The van der Waals surface area contributed by atoms with Crippen molar-refractivity contribution >= 4 is 27.3 Å². The summed E-state index contributed by atoms with van der Waals surface area (Å²) in [5, 5.41) is 10.2. The van der Waals surface area contributed by atoms with E-state index in [1.807, 2.05) is 0 Å². The first-order chi connectivity index (χ1) is 28.9. The molecule has 0 aliphatic rings. The van der Waals surface area contributed by atoms with Gasteiger partial charge in [0.05, 0.1) is 31.3 Å². The molecule has 6 nitrogen and oxygen atoms in total. The summed E-state index contributed by atoms with van der Waals surface area (Å²) in [5.41, 5.74) is -12.4. The minimum atomic E-state index is -6.72. The number of halogens is 6. The quantitative estimate of drug-likeness (QED) is 0.0373. The second-order valence-electron chi connectivity index (χ2n) is 17.5. The van der Waals surface area contributed by atoms with Gasteiger partial charge in [-0.2, -0.15) is 26.3 Å². The fourth-order valence-electron chi connectivity index (χ4n) is 7.96. The highest BCUT2D eigenvalue weighted by Gasteiger charge is 2.47. The Hall–Kier alpha value is -0.170. The van der Waals surface area contributed by atoms with E-state index in [9.17, 15) is 48.3 Å². The van der Waals surface area contributed by atoms with Gasteiger partial charge in [-0.1, -0.05) is 213 Å². The van der Waals surface area contributed by atoms with E-state index >= 15 is 0 Å². The maximum Gasteiger partial charge on any atom is 0.480 e. The van der Waals surface area contributed by atoms with E-state index in [1.54, 1.807) is 0 Å². The van der Waals surface area contributed by atoms with Crippen LogP contribution in [0.1, 0.15) is 252 Å². The van der Waals surface area contributed by atoms with Crippen LogP contribution in [0.3, 0.4) is 0 Å². The fourth-order valence-corrected chi connectivity index (χ4v) is 14.1. The molecule has 0 rings (SSSR count). The van der Waals surface area contributed by atoms with Crippen molar-refractivity contribution in [2.75, 3.05) is 31.3 Å². The molecule has 0 radical (unpaired) electrons. The third-order valence-corrected chi connectivity index (χ3v) is 19.5. The molecule has 0 aromatic heterocycles. The lowest BCUT2D eigenvalue weighted by Gasteiger charge is -2.28. The Morgan fingerprint density at radius 3 is 0.689 bits per heavy atom. The predicted octanol–water partition coefficient (Wildman–Crippen LogP) is 17.2. The van der Waals surface area contributed by atoms with Crippen LogP contribution < -0.4 is 0 Å². The van der Waals surface area contributed by atoms with Gasteiger partial charge in [-0.25, -0.2) is 16.8 Å². The van der Waals surface area contributed by atoms with Gasteiger partial charge in [0, 0.05) is 7.26 Å². The van der Waals surface area contributed by atoms with Crippen molar-refractivity contribution in [3.63, 3.8) is 0 Å². The Morgan fingerprint density at radius 2 is 0.525 bits per heavy atom. The number of nitrogens with zero attached hydrogens (tertiary/aromatic N) is 1. The average molecular weight is 948 g/mol. The number of sulfonamides is 2. The summed E-state index contributed by atoms with van der Waals surface area (Å²) in [7, 11) is -14.4. The molecule has 0 saturated heterocycles. The molecule has 0 unspecified atom stereocenters. The number of hydrogen-bond acceptors (Lipinski definition) is 5. The monoisotopic (exact) mass is 948 g/mol. The van der Waals surface area contributed by atoms with Crippen LogP contribution in [0, 0.1) is 0 Å². The largest absolute Gasteiger partial charge is 0.480 e. The highest BCUT2D eigenvalue weighted by Crippen LogP contribution is 2.60. The first-order valence-electron chi connectivity index (χ1n) is 24.8. The summed E-state index contributed by atoms with van der Waals surface area (Å²) >= 11 is 0. The zero-order valence-electron chi connectivity index (χ0n) is 39.1. The average Bonchev–Trinajstić information content (AvgIpc) is 3.18. The predicted molar refractivity (Wildman–Crippen MR) is 250 cm³/mol. The Kier molecular flexibility index (Phi) is 41.4. The molecule has 370 valence electrons. The SMILES string of the molecule is CCCCCCCCCCCCCC[P+](CCO)(CCCCCCCCCCCCCC)CCCCCCCCCCCCCC.O=S(=O)([N-]S(=O)(=O)C(F)(F)F)C(F)(F)F. The number of aliphatic hydroxyl groups is 1. The zero-order chi connectivity index (χ0) is 46.2. The van der Waals surface area contributed by atoms with Crippen LogP contribution in [-0.2, 0) is 20.0 Å². The number of alkyl halides is 6. The molecule has 0 aromatic rings. The molecular weight excluding hydrogens is 856 g/mol. The lowest BCUT2D eigenvalue weighted by molar-refractivity contribution is -0.0444. The standard InChI is InChI=1S/C44H92OP.C2F6NO4S2/c1-4-7-10-13-16-19-22-25-28-31-34-37-41-46(44-40-45,42-38-35-32-29-26-23-20-17-14-11-8-5-2)43-39-36-33-30-27-24-21-18-15-12-9-6-3;3-1(4,5)14(10,11)9-15(12,13)2(6,7)8/h45H,4-44H2,1-3H3;/q+1;-1. The summed E-state index contributed by atoms with van der Waals surface area (Å²) in [4.78, 5) is 0. The van der Waals surface area contributed by atoms with Crippen molar-refractivity contribution in [2.24, 2.45) is 0 Å². The van der Waals surface area contributed by atoms with E-state index in [0.29, 0.717) is 6.61 Å². The number of hydrogen-bond donors (Lipinski definition) is 1. The van der Waals surface area contributed by atoms with Crippen LogP contribution >= 0.6 is 7.26 Å². The van der Waals surface area contributed by atoms with Crippen molar-refractivity contribution in [2.45, 2.75) is 263 Å². The van der Waals surface area contributed by atoms with Crippen molar-refractivity contribution in [1.29, 1.82) is 0 Å². The fraction of sp³-hybridized carbons (Fsp3) is 1.00. The van der Waals surface area contributed by atoms with Crippen molar-refractivity contribution < 1.29 is 48.3 Å². The highest BCUT2D eigenvalue weighted by molar-refractivity contribution is 8.13. The summed E-state index contributed by atoms with van der Waals surface area (Å²) in [6.45, 7) is 7.39.